The SMILES string of the molecule is CCNCC(=O)NCCCCCN1CCC(C(C(N)=O)(c2ccccc2)c2ccccc2)C1. The number of rotatable bonds is 13. The Hall–Kier alpha value is -2.70. The zero-order valence-corrected chi connectivity index (χ0v) is 19.8. The fraction of sp³-hybridized carbons (Fsp3) is 0.481. The maximum absolute atomic E-state index is 13.1. The number of likely N-dealkylation sites (tertiary alicyclic amines) is 1. The Bertz CT molecular complexity index is 833. The van der Waals surface area contributed by atoms with Crippen LogP contribution in [-0.2, 0) is 15.0 Å². The summed E-state index contributed by atoms with van der Waals surface area (Å²) in [6.07, 6.45) is 4.07. The first kappa shape index (κ1) is 24.9. The number of hydrogen-bond acceptors (Lipinski definition) is 4. The molecule has 4 N–H and O–H groups in total. The third-order valence-corrected chi connectivity index (χ3v) is 6.74. The third-order valence-electron chi connectivity index (χ3n) is 6.74. The van der Waals surface area contributed by atoms with Crippen molar-refractivity contribution in [2.24, 2.45) is 11.7 Å². The smallest absolute Gasteiger partial charge is 0.233 e. The maximum atomic E-state index is 13.1. The second kappa shape index (κ2) is 12.5. The highest BCUT2D eigenvalue weighted by atomic mass is 16.2. The number of primary amides is 1. The van der Waals surface area contributed by atoms with E-state index in [1.807, 2.05) is 67.6 Å². The van der Waals surface area contributed by atoms with E-state index in [4.69, 9.17) is 5.73 Å². The van der Waals surface area contributed by atoms with Crippen LogP contribution in [0, 0.1) is 5.92 Å². The average Bonchev–Trinajstić information content (AvgIpc) is 3.30. The predicted molar refractivity (Wildman–Crippen MR) is 133 cm³/mol. The van der Waals surface area contributed by atoms with Gasteiger partial charge in [-0.2, -0.15) is 0 Å². The van der Waals surface area contributed by atoms with E-state index in [0.29, 0.717) is 6.54 Å². The van der Waals surface area contributed by atoms with Crippen LogP contribution in [0.25, 0.3) is 0 Å². The molecule has 33 heavy (non-hydrogen) atoms. The van der Waals surface area contributed by atoms with E-state index >= 15 is 0 Å². The van der Waals surface area contributed by atoms with Crippen molar-refractivity contribution in [3.8, 4) is 0 Å². The van der Waals surface area contributed by atoms with Gasteiger partial charge in [0.1, 0.15) is 5.41 Å². The molecule has 178 valence electrons. The van der Waals surface area contributed by atoms with Crippen LogP contribution in [-0.4, -0.2) is 56.0 Å². The first-order valence-electron chi connectivity index (χ1n) is 12.2. The van der Waals surface area contributed by atoms with Gasteiger partial charge >= 0.3 is 0 Å². The lowest BCUT2D eigenvalue weighted by Gasteiger charge is -2.37. The van der Waals surface area contributed by atoms with E-state index in [0.717, 1.165) is 69.5 Å². The van der Waals surface area contributed by atoms with Crippen LogP contribution < -0.4 is 16.4 Å². The molecule has 1 aliphatic heterocycles. The normalized spacial score (nSPS) is 16.6. The van der Waals surface area contributed by atoms with Gasteiger partial charge in [0, 0.05) is 13.1 Å². The molecule has 0 radical (unpaired) electrons. The van der Waals surface area contributed by atoms with Crippen LogP contribution >= 0.6 is 0 Å². The summed E-state index contributed by atoms with van der Waals surface area (Å²) in [6, 6.07) is 20.0. The molecule has 2 amide bonds. The number of benzene rings is 2. The molecular weight excluding hydrogens is 412 g/mol. The first-order valence-corrected chi connectivity index (χ1v) is 12.2. The molecule has 0 saturated carbocycles. The van der Waals surface area contributed by atoms with Gasteiger partial charge in [0.2, 0.25) is 11.8 Å². The molecule has 0 spiro atoms. The molecule has 2 aromatic carbocycles. The summed E-state index contributed by atoms with van der Waals surface area (Å²) in [6.45, 7) is 6.72. The van der Waals surface area contributed by atoms with Crippen molar-refractivity contribution in [3.05, 3.63) is 71.8 Å². The molecule has 0 aromatic heterocycles. The Balaban J connectivity index is 1.59. The average molecular weight is 451 g/mol. The first-order chi connectivity index (χ1) is 16.1. The summed E-state index contributed by atoms with van der Waals surface area (Å²) in [5.41, 5.74) is 7.30. The van der Waals surface area contributed by atoms with Crippen molar-refractivity contribution >= 4 is 11.8 Å². The van der Waals surface area contributed by atoms with Crippen LogP contribution in [0.5, 0.6) is 0 Å². The molecule has 3 rings (SSSR count). The Morgan fingerprint density at radius 1 is 1.00 bits per heavy atom. The van der Waals surface area contributed by atoms with E-state index in [1.165, 1.54) is 0 Å². The van der Waals surface area contributed by atoms with E-state index in [9.17, 15) is 9.59 Å². The molecule has 1 fully saturated rings. The van der Waals surface area contributed by atoms with E-state index < -0.39 is 5.41 Å². The number of nitrogens with one attached hydrogen (secondary N) is 2. The van der Waals surface area contributed by atoms with E-state index in [-0.39, 0.29) is 17.7 Å². The highest BCUT2D eigenvalue weighted by Crippen LogP contribution is 2.43. The standard InChI is InChI=1S/C27H38N4O2/c1-2-29-20-25(32)30-17-10-5-11-18-31-19-16-24(21-31)27(26(28)33,22-12-6-3-7-13-22)23-14-8-4-9-15-23/h3-4,6-9,12-15,24,29H,2,5,10-11,16-21H2,1H3,(H2,28,33)(H,30,32). The summed E-state index contributed by atoms with van der Waals surface area (Å²) in [7, 11) is 0. The van der Waals surface area contributed by atoms with Crippen LogP contribution in [0.4, 0.5) is 0 Å². The molecule has 1 heterocycles. The number of nitrogens with two attached hydrogens (primary N) is 1. The summed E-state index contributed by atoms with van der Waals surface area (Å²) < 4.78 is 0. The van der Waals surface area contributed by atoms with Crippen molar-refractivity contribution in [1.82, 2.24) is 15.5 Å². The molecule has 1 atom stereocenters. The van der Waals surface area contributed by atoms with Gasteiger partial charge < -0.3 is 21.3 Å². The van der Waals surface area contributed by atoms with Crippen molar-refractivity contribution in [2.45, 2.75) is 38.0 Å². The van der Waals surface area contributed by atoms with Crippen LogP contribution in [0.2, 0.25) is 0 Å². The van der Waals surface area contributed by atoms with Gasteiger partial charge in [0.15, 0.2) is 0 Å². The zero-order valence-electron chi connectivity index (χ0n) is 19.8. The molecule has 1 unspecified atom stereocenters. The monoisotopic (exact) mass is 450 g/mol. The lowest BCUT2D eigenvalue weighted by atomic mass is 9.64. The van der Waals surface area contributed by atoms with Crippen molar-refractivity contribution < 1.29 is 9.59 Å². The van der Waals surface area contributed by atoms with E-state index in [1.54, 1.807) is 0 Å². The minimum Gasteiger partial charge on any atom is -0.369 e. The van der Waals surface area contributed by atoms with Crippen molar-refractivity contribution in [1.29, 1.82) is 0 Å². The minimum atomic E-state index is -0.825. The number of carbonyl (C=O) groups is 2. The Morgan fingerprint density at radius 3 is 2.21 bits per heavy atom. The number of nitrogens with zero attached hydrogens (tertiary/aromatic N) is 1. The molecule has 6 heteroatoms. The maximum Gasteiger partial charge on any atom is 0.233 e. The third kappa shape index (κ3) is 6.21. The highest BCUT2D eigenvalue weighted by Gasteiger charge is 2.49. The van der Waals surface area contributed by atoms with Gasteiger partial charge in [-0.1, -0.05) is 74.0 Å². The molecule has 1 saturated heterocycles. The summed E-state index contributed by atoms with van der Waals surface area (Å²) in [4.78, 5) is 27.2. The van der Waals surface area contributed by atoms with Gasteiger partial charge in [0.25, 0.3) is 0 Å². The summed E-state index contributed by atoms with van der Waals surface area (Å²) in [5.74, 6) is -0.0888. The second-order valence-corrected chi connectivity index (χ2v) is 8.88. The lowest BCUT2D eigenvalue weighted by molar-refractivity contribution is -0.124. The number of hydrogen-bond donors (Lipinski definition) is 3. The highest BCUT2D eigenvalue weighted by molar-refractivity contribution is 5.91. The van der Waals surface area contributed by atoms with Gasteiger partial charge in [-0.25, -0.2) is 0 Å². The Morgan fingerprint density at radius 2 is 1.64 bits per heavy atom. The Labute approximate surface area is 197 Å². The van der Waals surface area contributed by atoms with Crippen LogP contribution in [0.3, 0.4) is 0 Å². The van der Waals surface area contributed by atoms with Gasteiger partial charge in [-0.15, -0.1) is 0 Å². The van der Waals surface area contributed by atoms with Crippen molar-refractivity contribution in [2.75, 3.05) is 39.3 Å². The number of likely N-dealkylation sites (N-methyl/N-ethyl adjacent to an activating group) is 1. The molecule has 1 aliphatic rings. The van der Waals surface area contributed by atoms with Gasteiger partial charge in [0.05, 0.1) is 6.54 Å². The fourth-order valence-corrected chi connectivity index (χ4v) is 5.08. The largest absolute Gasteiger partial charge is 0.369 e. The molecule has 6 nitrogen and oxygen atoms in total. The fourth-order valence-electron chi connectivity index (χ4n) is 5.08. The van der Waals surface area contributed by atoms with E-state index in [2.05, 4.69) is 15.5 Å². The van der Waals surface area contributed by atoms with Crippen LogP contribution in [0.15, 0.2) is 60.7 Å². The number of amides is 2. The summed E-state index contributed by atoms with van der Waals surface area (Å²) in [5, 5.41) is 5.99. The molecule has 0 bridgehead atoms. The summed E-state index contributed by atoms with van der Waals surface area (Å²) >= 11 is 0. The van der Waals surface area contributed by atoms with Gasteiger partial charge in [-0.3, -0.25) is 9.59 Å². The number of unbranched alkanes of at least 4 members (excludes halogenated alkanes) is 2. The van der Waals surface area contributed by atoms with Crippen molar-refractivity contribution in [3.63, 3.8) is 0 Å². The van der Waals surface area contributed by atoms with Crippen LogP contribution in [0.1, 0.15) is 43.7 Å². The molecular formula is C27H38N4O2. The number of carbonyl (C=O) groups excluding carboxylic acids is 2. The topological polar surface area (TPSA) is 87.5 Å². The minimum absolute atomic E-state index is 0.0591. The molecule has 2 aromatic rings. The lowest BCUT2D eigenvalue weighted by Crippen LogP contribution is -2.49. The zero-order chi connectivity index (χ0) is 23.5. The Kier molecular flexibility index (Phi) is 9.46. The molecule has 0 aliphatic carbocycles. The quantitative estimate of drug-likeness (QED) is 0.410. The van der Waals surface area contributed by atoms with Gasteiger partial charge in [-0.05, 0) is 55.9 Å². The predicted octanol–water partition coefficient (Wildman–Crippen LogP) is 2.68. The second-order valence-electron chi connectivity index (χ2n) is 8.88.